The van der Waals surface area contributed by atoms with Crippen LogP contribution >= 0.6 is 11.8 Å². The second kappa shape index (κ2) is 5.97. The topological polar surface area (TPSA) is 56.7 Å². The van der Waals surface area contributed by atoms with Crippen LogP contribution < -0.4 is 5.73 Å². The molecule has 1 heterocycles. The molecule has 1 fully saturated rings. The van der Waals surface area contributed by atoms with Crippen LogP contribution in [0.2, 0.25) is 0 Å². The molecule has 0 radical (unpaired) electrons. The van der Waals surface area contributed by atoms with Gasteiger partial charge in [-0.05, 0) is 30.7 Å². The Morgan fingerprint density at radius 3 is 2.75 bits per heavy atom. The van der Waals surface area contributed by atoms with Crippen molar-refractivity contribution in [1.82, 2.24) is 14.8 Å². The highest BCUT2D eigenvalue weighted by molar-refractivity contribution is 7.99. The highest BCUT2D eigenvalue weighted by Gasteiger charge is 2.30. The summed E-state index contributed by atoms with van der Waals surface area (Å²) in [7, 11) is 1.93. The molecule has 1 aromatic carbocycles. The first-order chi connectivity index (χ1) is 9.74. The van der Waals surface area contributed by atoms with Gasteiger partial charge in [-0.2, -0.15) is 5.10 Å². The minimum Gasteiger partial charge on any atom is -0.327 e. The van der Waals surface area contributed by atoms with Crippen molar-refractivity contribution in [2.75, 3.05) is 0 Å². The van der Waals surface area contributed by atoms with Crippen LogP contribution in [0.15, 0.2) is 41.8 Å². The molecule has 5 heteroatoms. The van der Waals surface area contributed by atoms with Crippen molar-refractivity contribution < 1.29 is 0 Å². The molecule has 0 amide bonds. The molecule has 2 N–H and O–H groups in total. The van der Waals surface area contributed by atoms with E-state index in [4.69, 9.17) is 5.73 Å². The average molecular weight is 288 g/mol. The van der Waals surface area contributed by atoms with Gasteiger partial charge < -0.3 is 5.73 Å². The second-order valence-electron chi connectivity index (χ2n) is 5.41. The van der Waals surface area contributed by atoms with Crippen molar-refractivity contribution >= 4 is 11.8 Å². The summed E-state index contributed by atoms with van der Waals surface area (Å²) in [4.78, 5) is 4.30. The lowest BCUT2D eigenvalue weighted by Crippen LogP contribution is -2.38. The maximum atomic E-state index is 6.31. The molecule has 1 aromatic heterocycles. The first-order valence-corrected chi connectivity index (χ1v) is 7.93. The minimum atomic E-state index is 0.247. The Kier molecular flexibility index (Phi) is 4.08. The number of hydrogen-bond acceptors (Lipinski definition) is 4. The van der Waals surface area contributed by atoms with Gasteiger partial charge in [-0.15, -0.1) is 0 Å². The number of hydrogen-bond donors (Lipinski definition) is 1. The molecular formula is C15H20N4S. The van der Waals surface area contributed by atoms with Crippen LogP contribution in [-0.4, -0.2) is 26.1 Å². The third kappa shape index (κ3) is 2.88. The number of nitrogens with zero attached hydrogens (tertiary/aromatic N) is 3. The first-order valence-electron chi connectivity index (χ1n) is 7.05. The molecule has 20 heavy (non-hydrogen) atoms. The highest BCUT2D eigenvalue weighted by Crippen LogP contribution is 2.39. The number of nitrogens with two attached hydrogens (primary N) is 1. The fourth-order valence-electron chi connectivity index (χ4n) is 2.84. The second-order valence-corrected chi connectivity index (χ2v) is 6.61. The molecule has 0 spiro atoms. The van der Waals surface area contributed by atoms with Crippen LogP contribution in [0.4, 0.5) is 0 Å². The van der Waals surface area contributed by atoms with Crippen LogP contribution in [0, 0.1) is 0 Å². The number of aryl methyl sites for hydroxylation is 1. The van der Waals surface area contributed by atoms with E-state index < -0.39 is 0 Å². The Hall–Kier alpha value is -1.33. The summed E-state index contributed by atoms with van der Waals surface area (Å²) in [5.74, 6) is 0.613. The summed E-state index contributed by atoms with van der Waals surface area (Å²) in [6, 6.07) is 11.0. The largest absolute Gasteiger partial charge is 0.327 e. The Balaban J connectivity index is 1.72. The minimum absolute atomic E-state index is 0.247. The Labute approximate surface area is 123 Å². The van der Waals surface area contributed by atoms with Gasteiger partial charge in [0.1, 0.15) is 6.33 Å². The number of aromatic nitrogens is 3. The molecule has 106 valence electrons. The van der Waals surface area contributed by atoms with Crippen molar-refractivity contribution in [3.63, 3.8) is 0 Å². The van der Waals surface area contributed by atoms with Crippen LogP contribution in [0.1, 0.15) is 30.7 Å². The summed E-state index contributed by atoms with van der Waals surface area (Å²) < 4.78 is 1.82. The standard InChI is InChI=1S/C15H20N4S/c1-19-15(17-10-18-19)20-14-9-12(7-8-13(14)16)11-5-3-2-4-6-11/h2-6,10,12-14H,7-9,16H2,1H3. The third-order valence-corrected chi connectivity index (χ3v) is 5.47. The van der Waals surface area contributed by atoms with E-state index in [2.05, 4.69) is 40.4 Å². The lowest BCUT2D eigenvalue weighted by Gasteiger charge is -2.33. The van der Waals surface area contributed by atoms with E-state index in [1.807, 2.05) is 11.7 Å². The fraction of sp³-hybridized carbons (Fsp3) is 0.467. The zero-order chi connectivity index (χ0) is 13.9. The first kappa shape index (κ1) is 13.6. The average Bonchev–Trinajstić information content (AvgIpc) is 2.88. The predicted molar refractivity (Wildman–Crippen MR) is 81.7 cm³/mol. The Morgan fingerprint density at radius 1 is 1.25 bits per heavy atom. The molecule has 3 atom stereocenters. The molecule has 3 rings (SSSR count). The third-order valence-electron chi connectivity index (χ3n) is 4.04. The Morgan fingerprint density at radius 2 is 2.05 bits per heavy atom. The van der Waals surface area contributed by atoms with Crippen molar-refractivity contribution in [2.24, 2.45) is 12.8 Å². The number of thioether (sulfide) groups is 1. The molecule has 1 saturated carbocycles. The molecule has 2 aromatic rings. The zero-order valence-electron chi connectivity index (χ0n) is 11.6. The molecule has 4 nitrogen and oxygen atoms in total. The SMILES string of the molecule is Cn1ncnc1SC1CC(c2ccccc2)CCC1N. The van der Waals surface area contributed by atoms with E-state index in [0.29, 0.717) is 11.2 Å². The van der Waals surface area contributed by atoms with E-state index in [1.165, 1.54) is 12.0 Å². The van der Waals surface area contributed by atoms with Gasteiger partial charge in [0.15, 0.2) is 5.16 Å². The van der Waals surface area contributed by atoms with Crippen molar-refractivity contribution in [3.8, 4) is 0 Å². The Bertz CT molecular complexity index is 554. The normalized spacial score (nSPS) is 26.6. The monoisotopic (exact) mass is 288 g/mol. The quantitative estimate of drug-likeness (QED) is 0.943. The van der Waals surface area contributed by atoms with Crippen molar-refractivity contribution in [2.45, 2.75) is 41.6 Å². The van der Waals surface area contributed by atoms with Gasteiger partial charge in [0.25, 0.3) is 0 Å². The van der Waals surface area contributed by atoms with E-state index in [0.717, 1.165) is 18.0 Å². The number of benzene rings is 1. The predicted octanol–water partition coefficient (Wildman–Crippen LogP) is 2.57. The van der Waals surface area contributed by atoms with Crippen molar-refractivity contribution in [3.05, 3.63) is 42.2 Å². The van der Waals surface area contributed by atoms with E-state index >= 15 is 0 Å². The molecule has 0 saturated heterocycles. The van der Waals surface area contributed by atoms with Crippen LogP contribution in [0.25, 0.3) is 0 Å². The van der Waals surface area contributed by atoms with Gasteiger partial charge in [0, 0.05) is 18.3 Å². The molecule has 0 bridgehead atoms. The van der Waals surface area contributed by atoms with Gasteiger partial charge in [-0.25, -0.2) is 9.67 Å². The number of rotatable bonds is 3. The summed E-state index contributed by atoms with van der Waals surface area (Å²) in [5.41, 5.74) is 7.74. The van der Waals surface area contributed by atoms with Gasteiger partial charge in [0.05, 0.1) is 0 Å². The van der Waals surface area contributed by atoms with Crippen LogP contribution in [0.5, 0.6) is 0 Å². The van der Waals surface area contributed by atoms with Crippen LogP contribution in [0.3, 0.4) is 0 Å². The molecule has 0 aliphatic heterocycles. The summed E-state index contributed by atoms with van der Waals surface area (Å²) in [6.07, 6.45) is 4.98. The molecule has 3 unspecified atom stereocenters. The smallest absolute Gasteiger partial charge is 0.186 e. The lowest BCUT2D eigenvalue weighted by molar-refractivity contribution is 0.405. The lowest BCUT2D eigenvalue weighted by atomic mass is 9.82. The van der Waals surface area contributed by atoms with Gasteiger partial charge in [-0.1, -0.05) is 42.1 Å². The maximum Gasteiger partial charge on any atom is 0.186 e. The maximum absolute atomic E-state index is 6.31. The highest BCUT2D eigenvalue weighted by atomic mass is 32.2. The van der Waals surface area contributed by atoms with E-state index in [-0.39, 0.29) is 6.04 Å². The van der Waals surface area contributed by atoms with Gasteiger partial charge in [-0.3, -0.25) is 0 Å². The molecule has 1 aliphatic rings. The molecular weight excluding hydrogens is 268 g/mol. The van der Waals surface area contributed by atoms with E-state index in [9.17, 15) is 0 Å². The fourth-order valence-corrected chi connectivity index (χ4v) is 4.06. The van der Waals surface area contributed by atoms with Gasteiger partial charge in [0.2, 0.25) is 0 Å². The summed E-state index contributed by atoms with van der Waals surface area (Å²) >= 11 is 1.77. The van der Waals surface area contributed by atoms with Crippen LogP contribution in [-0.2, 0) is 7.05 Å². The van der Waals surface area contributed by atoms with Gasteiger partial charge >= 0.3 is 0 Å². The summed E-state index contributed by atoms with van der Waals surface area (Å²) in [6.45, 7) is 0. The van der Waals surface area contributed by atoms with E-state index in [1.54, 1.807) is 18.1 Å². The zero-order valence-corrected chi connectivity index (χ0v) is 12.5. The van der Waals surface area contributed by atoms with Crippen molar-refractivity contribution in [1.29, 1.82) is 0 Å². The summed E-state index contributed by atoms with van der Waals surface area (Å²) in [5, 5.41) is 5.50. The molecule has 1 aliphatic carbocycles.